The van der Waals surface area contributed by atoms with Gasteiger partial charge in [-0.25, -0.2) is 0 Å². The molecule has 0 saturated carbocycles. The van der Waals surface area contributed by atoms with Crippen molar-refractivity contribution in [1.82, 2.24) is 0 Å². The van der Waals surface area contributed by atoms with Crippen molar-refractivity contribution in [2.45, 2.75) is 72.0 Å². The number of fused-ring (bicyclic) bond motifs is 1. The molecule has 4 heteroatoms. The molecule has 141 valence electrons. The minimum absolute atomic E-state index is 0.355. The zero-order valence-electron chi connectivity index (χ0n) is 16.4. The summed E-state index contributed by atoms with van der Waals surface area (Å²) in [5.74, 6) is -0.399. The molecule has 1 aliphatic rings. The van der Waals surface area contributed by atoms with Gasteiger partial charge >= 0.3 is 11.9 Å². The summed E-state index contributed by atoms with van der Waals surface area (Å²) in [5.41, 5.74) is 4.97. The van der Waals surface area contributed by atoms with E-state index in [9.17, 15) is 9.59 Å². The van der Waals surface area contributed by atoms with Crippen LogP contribution in [-0.4, -0.2) is 24.1 Å². The fourth-order valence-electron chi connectivity index (χ4n) is 3.50. The second-order valence-electron chi connectivity index (χ2n) is 7.17. The molecule has 1 aromatic carbocycles. The van der Waals surface area contributed by atoms with E-state index in [4.69, 9.17) is 9.47 Å². The van der Waals surface area contributed by atoms with Gasteiger partial charge in [0, 0.05) is 20.3 Å². The van der Waals surface area contributed by atoms with E-state index in [0.29, 0.717) is 12.3 Å². The van der Waals surface area contributed by atoms with Crippen LogP contribution in [0.1, 0.15) is 62.3 Å². The highest BCUT2D eigenvalue weighted by molar-refractivity contribution is 5.67. The summed E-state index contributed by atoms with van der Waals surface area (Å²) in [6, 6.07) is 4.32. The highest BCUT2D eigenvalue weighted by atomic mass is 16.6. The summed E-state index contributed by atoms with van der Waals surface area (Å²) in [6.07, 6.45) is 7.08. The lowest BCUT2D eigenvalue weighted by molar-refractivity contribution is -0.161. The van der Waals surface area contributed by atoms with Crippen molar-refractivity contribution in [2.75, 3.05) is 0 Å². The summed E-state index contributed by atoms with van der Waals surface area (Å²) in [6.45, 7) is 9.21. The smallest absolute Gasteiger partial charge is 0.303 e. The highest BCUT2D eigenvalue weighted by Gasteiger charge is 2.28. The number of rotatable bonds is 3. The number of allylic oxidation sites excluding steroid dienone is 1. The first-order chi connectivity index (χ1) is 12.3. The first kappa shape index (κ1) is 20.2. The van der Waals surface area contributed by atoms with Crippen molar-refractivity contribution in [2.24, 2.45) is 0 Å². The second kappa shape index (κ2) is 9.02. The summed E-state index contributed by atoms with van der Waals surface area (Å²) in [7, 11) is 0. The van der Waals surface area contributed by atoms with Gasteiger partial charge in [0.1, 0.15) is 6.10 Å². The largest absolute Gasteiger partial charge is 0.458 e. The number of hydrogen-bond acceptors (Lipinski definition) is 4. The average Bonchev–Trinajstić information content (AvgIpc) is 2.53. The number of aryl methyl sites for hydroxylation is 1. The van der Waals surface area contributed by atoms with Gasteiger partial charge < -0.3 is 9.47 Å². The molecule has 0 amide bonds. The molecule has 1 radical (unpaired) electrons. The Morgan fingerprint density at radius 1 is 1.08 bits per heavy atom. The maximum absolute atomic E-state index is 11.7. The highest BCUT2D eigenvalue weighted by Crippen LogP contribution is 2.30. The van der Waals surface area contributed by atoms with Gasteiger partial charge in [-0.3, -0.25) is 9.59 Å². The Kier molecular flexibility index (Phi) is 7.01. The number of ether oxygens (including phenoxy) is 2. The van der Waals surface area contributed by atoms with Crippen LogP contribution in [0.4, 0.5) is 0 Å². The lowest BCUT2D eigenvalue weighted by Gasteiger charge is -2.28. The maximum atomic E-state index is 11.7. The first-order valence-corrected chi connectivity index (χ1v) is 9.23. The average molecular weight is 357 g/mol. The van der Waals surface area contributed by atoms with Crippen LogP contribution < -0.4 is 0 Å². The lowest BCUT2D eigenvalue weighted by Crippen LogP contribution is -2.35. The third-order valence-electron chi connectivity index (χ3n) is 4.69. The Balaban J connectivity index is 2.53. The second-order valence-corrected chi connectivity index (χ2v) is 7.17. The van der Waals surface area contributed by atoms with Crippen molar-refractivity contribution in [3.05, 3.63) is 53.0 Å². The molecule has 4 nitrogen and oxygen atoms in total. The van der Waals surface area contributed by atoms with Crippen LogP contribution in [0, 0.1) is 13.3 Å². The molecular formula is C22H29O4. The predicted molar refractivity (Wildman–Crippen MR) is 102 cm³/mol. The van der Waals surface area contributed by atoms with Gasteiger partial charge in [0.15, 0.2) is 6.10 Å². The van der Waals surface area contributed by atoms with Crippen LogP contribution in [0.3, 0.4) is 0 Å². The van der Waals surface area contributed by atoms with E-state index >= 15 is 0 Å². The van der Waals surface area contributed by atoms with Crippen LogP contribution >= 0.6 is 0 Å². The molecule has 1 aliphatic carbocycles. The third-order valence-corrected chi connectivity index (χ3v) is 4.69. The molecule has 26 heavy (non-hydrogen) atoms. The molecule has 0 spiro atoms. The van der Waals surface area contributed by atoms with E-state index in [1.165, 1.54) is 36.1 Å². The third kappa shape index (κ3) is 5.20. The standard InChI is InChI=1S/C22H29O4/c1-14(2)18-12-11-15(3)19-9-7-6-8-10-21(25-16(4)23)22(13-20(18)19)26-17(5)24/h7-8,10-12,14,21-22H,6,9,13H2,1-5H3/b10-8-. The molecule has 2 rings (SSSR count). The molecule has 1 aromatic rings. The van der Waals surface area contributed by atoms with Gasteiger partial charge in [0.05, 0.1) is 0 Å². The molecule has 0 bridgehead atoms. The van der Waals surface area contributed by atoms with Crippen LogP contribution in [0.25, 0.3) is 0 Å². The number of benzene rings is 1. The fourth-order valence-corrected chi connectivity index (χ4v) is 3.50. The van der Waals surface area contributed by atoms with Gasteiger partial charge in [-0.2, -0.15) is 0 Å². The molecule has 0 aromatic heterocycles. The topological polar surface area (TPSA) is 52.6 Å². The van der Waals surface area contributed by atoms with Gasteiger partial charge in [-0.15, -0.1) is 0 Å². The van der Waals surface area contributed by atoms with Crippen LogP contribution in [0.2, 0.25) is 0 Å². The number of esters is 2. The Morgan fingerprint density at radius 3 is 2.38 bits per heavy atom. The Bertz CT molecular complexity index is 688. The zero-order valence-corrected chi connectivity index (χ0v) is 16.4. The van der Waals surface area contributed by atoms with Crippen molar-refractivity contribution in [1.29, 1.82) is 0 Å². The van der Waals surface area contributed by atoms with Crippen molar-refractivity contribution < 1.29 is 19.1 Å². The van der Waals surface area contributed by atoms with E-state index in [0.717, 1.165) is 12.8 Å². The zero-order chi connectivity index (χ0) is 19.3. The van der Waals surface area contributed by atoms with Crippen LogP contribution in [0.5, 0.6) is 0 Å². The van der Waals surface area contributed by atoms with Crippen molar-refractivity contribution in [3.63, 3.8) is 0 Å². The van der Waals surface area contributed by atoms with Gasteiger partial charge in [0.2, 0.25) is 0 Å². The molecule has 0 aliphatic heterocycles. The van der Waals surface area contributed by atoms with Crippen molar-refractivity contribution >= 4 is 11.9 Å². The first-order valence-electron chi connectivity index (χ1n) is 9.23. The summed E-state index contributed by atoms with van der Waals surface area (Å²) in [5, 5.41) is 0. The minimum atomic E-state index is -0.587. The molecular weight excluding hydrogens is 328 g/mol. The number of carbonyl (C=O) groups is 2. The van der Waals surface area contributed by atoms with Gasteiger partial charge in [-0.05, 0) is 60.4 Å². The summed E-state index contributed by atoms with van der Waals surface area (Å²) >= 11 is 0. The van der Waals surface area contributed by atoms with E-state index in [1.54, 1.807) is 0 Å². The van der Waals surface area contributed by atoms with Gasteiger partial charge in [0.25, 0.3) is 0 Å². The van der Waals surface area contributed by atoms with Crippen molar-refractivity contribution in [3.8, 4) is 0 Å². The molecule has 0 saturated heterocycles. The van der Waals surface area contributed by atoms with Gasteiger partial charge in [-0.1, -0.05) is 32.1 Å². The van der Waals surface area contributed by atoms with Crippen LogP contribution in [-0.2, 0) is 31.9 Å². The predicted octanol–water partition coefficient (Wildman–Crippen LogP) is 4.23. The van der Waals surface area contributed by atoms with Crippen LogP contribution in [0.15, 0.2) is 24.3 Å². The van der Waals surface area contributed by atoms with E-state index in [-0.39, 0.29) is 11.9 Å². The normalized spacial score (nSPS) is 21.6. The maximum Gasteiger partial charge on any atom is 0.303 e. The molecule has 2 atom stereocenters. The molecule has 2 unspecified atom stereocenters. The number of hydrogen-bond donors (Lipinski definition) is 0. The van der Waals surface area contributed by atoms with E-state index in [1.807, 2.05) is 12.2 Å². The van der Waals surface area contributed by atoms with E-state index in [2.05, 4.69) is 39.3 Å². The summed E-state index contributed by atoms with van der Waals surface area (Å²) in [4.78, 5) is 23.3. The monoisotopic (exact) mass is 357 g/mol. The fraction of sp³-hybridized carbons (Fsp3) is 0.500. The molecule has 0 heterocycles. The summed E-state index contributed by atoms with van der Waals surface area (Å²) < 4.78 is 11.1. The molecule has 0 fully saturated rings. The van der Waals surface area contributed by atoms with E-state index < -0.39 is 12.2 Å². The Labute approximate surface area is 156 Å². The Hall–Kier alpha value is -2.10. The Morgan fingerprint density at radius 2 is 1.77 bits per heavy atom. The molecule has 0 N–H and O–H groups in total. The lowest BCUT2D eigenvalue weighted by atomic mass is 9.84. The quantitative estimate of drug-likeness (QED) is 0.600. The number of carbonyl (C=O) groups excluding carboxylic acids is 2. The minimum Gasteiger partial charge on any atom is -0.458 e. The SMILES string of the molecule is CC(=O)OC1/C=C\C[CH]Cc2c(C)ccc(C(C)C)c2CC1OC(C)=O.